The topological polar surface area (TPSA) is 50.4 Å². The van der Waals surface area contributed by atoms with E-state index < -0.39 is 0 Å². The third-order valence-electron chi connectivity index (χ3n) is 6.10. The average molecular weight is 344 g/mol. The fourth-order valence-corrected chi connectivity index (χ4v) is 5.58. The Balaban J connectivity index is 1.39. The van der Waals surface area contributed by atoms with Crippen LogP contribution in [0.4, 0.5) is 0 Å². The van der Waals surface area contributed by atoms with Crippen molar-refractivity contribution in [2.24, 2.45) is 23.7 Å². The molecule has 4 aliphatic carbocycles. The van der Waals surface area contributed by atoms with E-state index in [1.807, 2.05) is 12.1 Å². The van der Waals surface area contributed by atoms with Crippen molar-refractivity contribution in [3.8, 4) is 5.75 Å². The molecule has 0 saturated heterocycles. The SMILES string of the molecule is COc1ccccc1C(=O)NC(=S)NC1C2CC3CC(C2)CC1C3. The Morgan fingerprint density at radius 3 is 2.33 bits per heavy atom. The van der Waals surface area contributed by atoms with E-state index in [0.717, 1.165) is 23.7 Å². The van der Waals surface area contributed by atoms with E-state index in [9.17, 15) is 4.79 Å². The molecule has 4 fully saturated rings. The van der Waals surface area contributed by atoms with Gasteiger partial charge in [0, 0.05) is 6.04 Å². The minimum Gasteiger partial charge on any atom is -0.496 e. The lowest BCUT2D eigenvalue weighted by molar-refractivity contribution is -0.00692. The van der Waals surface area contributed by atoms with E-state index in [2.05, 4.69) is 10.6 Å². The summed E-state index contributed by atoms with van der Waals surface area (Å²) in [5, 5.41) is 6.74. The molecule has 2 N–H and O–H groups in total. The lowest BCUT2D eigenvalue weighted by Crippen LogP contribution is -2.57. The van der Waals surface area contributed by atoms with Crippen LogP contribution in [0.5, 0.6) is 5.75 Å². The second-order valence-corrected chi connectivity index (χ2v) is 7.99. The van der Waals surface area contributed by atoms with Gasteiger partial charge in [0.25, 0.3) is 5.91 Å². The van der Waals surface area contributed by atoms with Crippen molar-refractivity contribution in [3.63, 3.8) is 0 Å². The molecule has 0 unspecified atom stereocenters. The van der Waals surface area contributed by atoms with Gasteiger partial charge in [0.2, 0.25) is 0 Å². The van der Waals surface area contributed by atoms with Crippen LogP contribution in [-0.2, 0) is 0 Å². The maximum absolute atomic E-state index is 12.5. The number of ether oxygens (including phenoxy) is 1. The highest BCUT2D eigenvalue weighted by Crippen LogP contribution is 2.53. The maximum atomic E-state index is 12.5. The molecule has 5 rings (SSSR count). The van der Waals surface area contributed by atoms with Crippen molar-refractivity contribution in [2.45, 2.75) is 38.1 Å². The number of amides is 1. The molecular weight excluding hydrogens is 320 g/mol. The van der Waals surface area contributed by atoms with E-state index in [4.69, 9.17) is 17.0 Å². The number of methoxy groups -OCH3 is 1. The molecule has 0 radical (unpaired) electrons. The predicted molar refractivity (Wildman–Crippen MR) is 97.0 cm³/mol. The highest BCUT2D eigenvalue weighted by Gasteiger charge is 2.48. The number of rotatable bonds is 3. The Bertz CT molecular complexity index is 633. The van der Waals surface area contributed by atoms with Gasteiger partial charge >= 0.3 is 0 Å². The number of carbonyl (C=O) groups excluding carboxylic acids is 1. The molecular formula is C19H24N2O2S. The number of hydrogen-bond acceptors (Lipinski definition) is 3. The van der Waals surface area contributed by atoms with E-state index in [1.165, 1.54) is 32.1 Å². The van der Waals surface area contributed by atoms with E-state index >= 15 is 0 Å². The smallest absolute Gasteiger partial charge is 0.261 e. The maximum Gasteiger partial charge on any atom is 0.261 e. The van der Waals surface area contributed by atoms with Crippen LogP contribution in [0.3, 0.4) is 0 Å². The van der Waals surface area contributed by atoms with Gasteiger partial charge in [-0.1, -0.05) is 12.1 Å². The first-order valence-electron chi connectivity index (χ1n) is 8.89. The third kappa shape index (κ3) is 2.90. The Kier molecular flexibility index (Phi) is 4.21. The minimum absolute atomic E-state index is 0.214. The van der Waals surface area contributed by atoms with Crippen LogP contribution in [0.25, 0.3) is 0 Å². The summed E-state index contributed by atoms with van der Waals surface area (Å²) >= 11 is 5.43. The first kappa shape index (κ1) is 15.9. The predicted octanol–water partition coefficient (Wildman–Crippen LogP) is 3.12. The van der Waals surface area contributed by atoms with Crippen molar-refractivity contribution >= 4 is 23.2 Å². The second-order valence-electron chi connectivity index (χ2n) is 7.58. The monoisotopic (exact) mass is 344 g/mol. The van der Waals surface area contributed by atoms with Gasteiger partial charge in [-0.2, -0.15) is 0 Å². The van der Waals surface area contributed by atoms with Gasteiger partial charge < -0.3 is 10.1 Å². The van der Waals surface area contributed by atoms with Crippen LogP contribution in [-0.4, -0.2) is 24.2 Å². The molecule has 0 spiro atoms. The largest absolute Gasteiger partial charge is 0.496 e. The molecule has 4 nitrogen and oxygen atoms in total. The Morgan fingerprint density at radius 2 is 1.71 bits per heavy atom. The fraction of sp³-hybridized carbons (Fsp3) is 0.579. The summed E-state index contributed by atoms with van der Waals surface area (Å²) in [6.45, 7) is 0. The Morgan fingerprint density at radius 1 is 1.08 bits per heavy atom. The summed E-state index contributed by atoms with van der Waals surface area (Å²) in [5.41, 5.74) is 0.509. The molecule has 4 aliphatic rings. The molecule has 1 aromatic rings. The number of carbonyl (C=O) groups is 1. The highest BCUT2D eigenvalue weighted by atomic mass is 32.1. The molecule has 128 valence electrons. The van der Waals surface area contributed by atoms with Crippen molar-refractivity contribution in [1.82, 2.24) is 10.6 Å². The van der Waals surface area contributed by atoms with E-state index in [-0.39, 0.29) is 5.91 Å². The van der Waals surface area contributed by atoms with Crippen LogP contribution in [0, 0.1) is 23.7 Å². The number of benzene rings is 1. The van der Waals surface area contributed by atoms with Crippen molar-refractivity contribution in [1.29, 1.82) is 0 Å². The second kappa shape index (κ2) is 6.36. The number of nitrogens with one attached hydrogen (secondary N) is 2. The summed E-state index contributed by atoms with van der Waals surface area (Å²) in [5.74, 6) is 3.66. The third-order valence-corrected chi connectivity index (χ3v) is 6.32. The summed E-state index contributed by atoms with van der Waals surface area (Å²) in [6.07, 6.45) is 6.75. The molecule has 4 saturated carbocycles. The molecule has 0 aromatic heterocycles. The van der Waals surface area contributed by atoms with E-state index in [0.29, 0.717) is 22.5 Å². The summed E-state index contributed by atoms with van der Waals surface area (Å²) in [7, 11) is 1.57. The molecule has 0 atom stereocenters. The zero-order valence-electron chi connectivity index (χ0n) is 14.0. The minimum atomic E-state index is -0.214. The quantitative estimate of drug-likeness (QED) is 0.827. The van der Waals surface area contributed by atoms with Gasteiger partial charge in [0.05, 0.1) is 12.7 Å². The number of hydrogen-bond donors (Lipinski definition) is 2. The molecule has 4 bridgehead atoms. The molecule has 5 heteroatoms. The fourth-order valence-electron chi connectivity index (χ4n) is 5.35. The van der Waals surface area contributed by atoms with Gasteiger partial charge in [-0.15, -0.1) is 0 Å². The average Bonchev–Trinajstić information content (AvgIpc) is 2.57. The number of para-hydroxylation sites is 1. The van der Waals surface area contributed by atoms with Crippen LogP contribution in [0.15, 0.2) is 24.3 Å². The molecule has 0 aliphatic heterocycles. The standard InChI is InChI=1S/C19H24N2O2S/c1-23-16-5-3-2-4-15(16)18(22)21-19(24)20-17-13-7-11-6-12(9-13)10-14(17)8-11/h2-5,11-14,17H,6-10H2,1H3,(H2,20,21,22,24). The van der Waals surface area contributed by atoms with Crippen molar-refractivity contribution in [3.05, 3.63) is 29.8 Å². The van der Waals surface area contributed by atoms with Gasteiger partial charge in [0.15, 0.2) is 5.11 Å². The van der Waals surface area contributed by atoms with Crippen molar-refractivity contribution < 1.29 is 9.53 Å². The van der Waals surface area contributed by atoms with Crippen LogP contribution < -0.4 is 15.4 Å². The number of thiocarbonyl (C=S) groups is 1. The first-order chi connectivity index (χ1) is 11.6. The van der Waals surface area contributed by atoms with Crippen LogP contribution in [0.1, 0.15) is 42.5 Å². The summed E-state index contributed by atoms with van der Waals surface area (Å²) in [4.78, 5) is 12.5. The highest BCUT2D eigenvalue weighted by molar-refractivity contribution is 7.80. The zero-order chi connectivity index (χ0) is 16.7. The van der Waals surface area contributed by atoms with Crippen LogP contribution in [0.2, 0.25) is 0 Å². The molecule has 1 aromatic carbocycles. The van der Waals surface area contributed by atoms with Gasteiger partial charge in [-0.3, -0.25) is 10.1 Å². The van der Waals surface area contributed by atoms with Crippen molar-refractivity contribution in [2.75, 3.05) is 7.11 Å². The molecule has 1 amide bonds. The Labute approximate surface area is 148 Å². The summed E-state index contributed by atoms with van der Waals surface area (Å²) < 4.78 is 5.25. The zero-order valence-corrected chi connectivity index (χ0v) is 14.8. The lowest BCUT2D eigenvalue weighted by Gasteiger charge is -2.54. The van der Waals surface area contributed by atoms with Gasteiger partial charge in [-0.05, 0) is 80.1 Å². The molecule has 0 heterocycles. The normalized spacial score (nSPS) is 33.1. The lowest BCUT2D eigenvalue weighted by atomic mass is 9.54. The first-order valence-corrected chi connectivity index (χ1v) is 9.29. The van der Waals surface area contributed by atoms with Crippen LogP contribution >= 0.6 is 12.2 Å². The van der Waals surface area contributed by atoms with Gasteiger partial charge in [0.1, 0.15) is 5.75 Å². The summed E-state index contributed by atoms with van der Waals surface area (Å²) in [6, 6.07) is 7.64. The van der Waals surface area contributed by atoms with Gasteiger partial charge in [-0.25, -0.2) is 0 Å². The molecule has 24 heavy (non-hydrogen) atoms. The van der Waals surface area contributed by atoms with E-state index in [1.54, 1.807) is 19.2 Å². The Hall–Kier alpha value is -1.62.